The van der Waals surface area contributed by atoms with Crippen LogP contribution in [0.1, 0.15) is 13.8 Å². The first kappa shape index (κ1) is 20.9. The Morgan fingerprint density at radius 3 is 2.36 bits per heavy atom. The standard InChI is InChI=1S/C21H35FN6/c1-4-25-9-11-26(12-10-25)18(2)17-24-21(23-3)28-15-13-27(14-16-28)20-8-6-5-7-19(20)22/h5-8,18H,4,9-17H2,1-3H3,(H,23,24). The van der Waals surface area contributed by atoms with Crippen molar-refractivity contribution >= 4 is 11.6 Å². The van der Waals surface area contributed by atoms with Gasteiger partial charge in [-0.05, 0) is 25.6 Å². The quantitative estimate of drug-likeness (QED) is 0.610. The van der Waals surface area contributed by atoms with Gasteiger partial charge in [-0.1, -0.05) is 19.1 Å². The fourth-order valence-electron chi connectivity index (χ4n) is 4.09. The molecule has 1 aromatic rings. The second-order valence-corrected chi connectivity index (χ2v) is 7.67. The summed E-state index contributed by atoms with van der Waals surface area (Å²) in [5.74, 6) is 0.808. The van der Waals surface area contributed by atoms with Gasteiger partial charge in [0.2, 0.25) is 0 Å². The summed E-state index contributed by atoms with van der Waals surface area (Å²) in [6.07, 6.45) is 0. The van der Waals surface area contributed by atoms with E-state index in [1.165, 1.54) is 6.07 Å². The minimum atomic E-state index is -0.143. The molecule has 156 valence electrons. The maximum Gasteiger partial charge on any atom is 0.193 e. The zero-order valence-electron chi connectivity index (χ0n) is 17.6. The highest BCUT2D eigenvalue weighted by molar-refractivity contribution is 5.80. The Bertz CT molecular complexity index is 636. The van der Waals surface area contributed by atoms with Gasteiger partial charge < -0.3 is 20.0 Å². The van der Waals surface area contributed by atoms with Crippen LogP contribution in [0.15, 0.2) is 29.3 Å². The van der Waals surface area contributed by atoms with E-state index in [0.717, 1.165) is 71.4 Å². The molecule has 0 radical (unpaired) electrons. The van der Waals surface area contributed by atoms with Gasteiger partial charge in [-0.15, -0.1) is 0 Å². The molecule has 0 bridgehead atoms. The Morgan fingerprint density at radius 2 is 1.75 bits per heavy atom. The number of piperazine rings is 2. The maximum atomic E-state index is 14.0. The van der Waals surface area contributed by atoms with Crippen molar-refractivity contribution < 1.29 is 4.39 Å². The molecule has 6 nitrogen and oxygen atoms in total. The van der Waals surface area contributed by atoms with Gasteiger partial charge in [0, 0.05) is 72.0 Å². The third-order valence-corrected chi connectivity index (χ3v) is 6.02. The highest BCUT2D eigenvalue weighted by atomic mass is 19.1. The summed E-state index contributed by atoms with van der Waals surface area (Å²) in [5, 5.41) is 3.56. The third-order valence-electron chi connectivity index (χ3n) is 6.02. The molecule has 0 amide bonds. The summed E-state index contributed by atoms with van der Waals surface area (Å²) >= 11 is 0. The van der Waals surface area contributed by atoms with Crippen molar-refractivity contribution in [3.63, 3.8) is 0 Å². The molecular formula is C21H35FN6. The first-order valence-electron chi connectivity index (χ1n) is 10.5. The average molecular weight is 391 g/mol. The van der Waals surface area contributed by atoms with E-state index in [1.54, 1.807) is 6.07 Å². The molecule has 0 spiro atoms. The van der Waals surface area contributed by atoms with Crippen molar-refractivity contribution in [3.05, 3.63) is 30.1 Å². The number of hydrogen-bond acceptors (Lipinski definition) is 4. The van der Waals surface area contributed by atoms with Crippen LogP contribution in [-0.2, 0) is 0 Å². The number of aliphatic imine (C=N–C) groups is 1. The van der Waals surface area contributed by atoms with Crippen LogP contribution in [0.25, 0.3) is 0 Å². The topological polar surface area (TPSA) is 37.4 Å². The Hall–Kier alpha value is -1.86. The number of benzene rings is 1. The number of nitrogens with zero attached hydrogens (tertiary/aromatic N) is 5. The predicted octanol–water partition coefficient (Wildman–Crippen LogP) is 1.55. The lowest BCUT2D eigenvalue weighted by Gasteiger charge is -2.39. The summed E-state index contributed by atoms with van der Waals surface area (Å²) in [6.45, 7) is 14.4. The number of hydrogen-bond donors (Lipinski definition) is 1. The molecule has 2 aliphatic heterocycles. The SMILES string of the molecule is CCN1CCN(C(C)CNC(=NC)N2CCN(c3ccccc3F)CC2)CC1. The van der Waals surface area contributed by atoms with E-state index >= 15 is 0 Å². The van der Waals surface area contributed by atoms with Gasteiger partial charge in [0.25, 0.3) is 0 Å². The fraction of sp³-hybridized carbons (Fsp3) is 0.667. The van der Waals surface area contributed by atoms with E-state index in [-0.39, 0.29) is 5.82 Å². The molecule has 2 saturated heterocycles. The summed E-state index contributed by atoms with van der Waals surface area (Å²) < 4.78 is 14.0. The smallest absolute Gasteiger partial charge is 0.193 e. The molecule has 1 unspecified atom stereocenters. The summed E-state index contributed by atoms with van der Waals surface area (Å²) in [4.78, 5) is 13.9. The Labute approximate surface area is 169 Å². The van der Waals surface area contributed by atoms with Gasteiger partial charge in [-0.25, -0.2) is 4.39 Å². The fourth-order valence-corrected chi connectivity index (χ4v) is 4.09. The van der Waals surface area contributed by atoms with Crippen molar-refractivity contribution in [1.29, 1.82) is 0 Å². The minimum absolute atomic E-state index is 0.143. The Kier molecular flexibility index (Phi) is 7.50. The molecule has 0 saturated carbocycles. The summed E-state index contributed by atoms with van der Waals surface area (Å²) in [7, 11) is 1.84. The number of halogens is 1. The second-order valence-electron chi connectivity index (χ2n) is 7.67. The number of guanidine groups is 1. The molecule has 7 heteroatoms. The van der Waals surface area contributed by atoms with Gasteiger partial charge >= 0.3 is 0 Å². The van der Waals surface area contributed by atoms with Crippen molar-refractivity contribution in [2.45, 2.75) is 19.9 Å². The van der Waals surface area contributed by atoms with E-state index in [2.05, 4.69) is 43.8 Å². The van der Waals surface area contributed by atoms with E-state index in [1.807, 2.05) is 19.2 Å². The largest absolute Gasteiger partial charge is 0.366 e. The molecule has 2 aliphatic rings. The first-order valence-corrected chi connectivity index (χ1v) is 10.5. The first-order chi connectivity index (χ1) is 13.6. The van der Waals surface area contributed by atoms with Crippen molar-refractivity contribution in [2.24, 2.45) is 4.99 Å². The molecule has 3 rings (SSSR count). The van der Waals surface area contributed by atoms with Crippen LogP contribution in [0.4, 0.5) is 10.1 Å². The highest BCUT2D eigenvalue weighted by Gasteiger charge is 2.23. The molecule has 0 aliphatic carbocycles. The van der Waals surface area contributed by atoms with E-state index < -0.39 is 0 Å². The Balaban J connectivity index is 1.45. The summed E-state index contributed by atoms with van der Waals surface area (Å²) in [6, 6.07) is 7.51. The van der Waals surface area contributed by atoms with Gasteiger partial charge in [-0.2, -0.15) is 0 Å². The number of nitrogens with one attached hydrogen (secondary N) is 1. The van der Waals surface area contributed by atoms with Crippen LogP contribution in [0.2, 0.25) is 0 Å². The minimum Gasteiger partial charge on any atom is -0.366 e. The number of likely N-dealkylation sites (N-methyl/N-ethyl adjacent to an activating group) is 1. The molecule has 1 atom stereocenters. The van der Waals surface area contributed by atoms with Gasteiger partial charge in [0.05, 0.1) is 5.69 Å². The molecule has 2 fully saturated rings. The van der Waals surface area contributed by atoms with Gasteiger partial charge in [-0.3, -0.25) is 9.89 Å². The van der Waals surface area contributed by atoms with Gasteiger partial charge in [0.15, 0.2) is 5.96 Å². The Morgan fingerprint density at radius 1 is 1.07 bits per heavy atom. The molecular weight excluding hydrogens is 355 g/mol. The third kappa shape index (κ3) is 5.14. The zero-order valence-corrected chi connectivity index (χ0v) is 17.6. The summed E-state index contributed by atoms with van der Waals surface area (Å²) in [5.41, 5.74) is 0.699. The normalized spacial score (nSPS) is 21.1. The number of para-hydroxylation sites is 1. The van der Waals surface area contributed by atoms with Crippen LogP contribution in [0.5, 0.6) is 0 Å². The number of rotatable bonds is 5. The second kappa shape index (κ2) is 10.1. The molecule has 1 aromatic carbocycles. The van der Waals surface area contributed by atoms with Crippen LogP contribution < -0.4 is 10.2 Å². The van der Waals surface area contributed by atoms with Crippen molar-refractivity contribution in [3.8, 4) is 0 Å². The lowest BCUT2D eigenvalue weighted by molar-refractivity contribution is 0.107. The molecule has 0 aromatic heterocycles. The van der Waals surface area contributed by atoms with Crippen LogP contribution in [-0.4, -0.2) is 99.2 Å². The lowest BCUT2D eigenvalue weighted by atomic mass is 10.2. The zero-order chi connectivity index (χ0) is 19.9. The highest BCUT2D eigenvalue weighted by Crippen LogP contribution is 2.20. The van der Waals surface area contributed by atoms with Crippen molar-refractivity contribution in [1.82, 2.24) is 20.0 Å². The average Bonchev–Trinajstić information content (AvgIpc) is 2.75. The molecule has 1 N–H and O–H groups in total. The van der Waals surface area contributed by atoms with Crippen LogP contribution >= 0.6 is 0 Å². The maximum absolute atomic E-state index is 14.0. The molecule has 28 heavy (non-hydrogen) atoms. The molecule has 2 heterocycles. The van der Waals surface area contributed by atoms with Crippen molar-refractivity contribution in [2.75, 3.05) is 77.4 Å². The van der Waals surface area contributed by atoms with Crippen LogP contribution in [0.3, 0.4) is 0 Å². The van der Waals surface area contributed by atoms with E-state index in [0.29, 0.717) is 11.7 Å². The van der Waals surface area contributed by atoms with Gasteiger partial charge in [0.1, 0.15) is 5.82 Å². The monoisotopic (exact) mass is 390 g/mol. The van der Waals surface area contributed by atoms with E-state index in [4.69, 9.17) is 0 Å². The lowest BCUT2D eigenvalue weighted by Crippen LogP contribution is -2.56. The number of anilines is 1. The van der Waals surface area contributed by atoms with Crippen LogP contribution in [0, 0.1) is 5.82 Å². The van der Waals surface area contributed by atoms with E-state index in [9.17, 15) is 4.39 Å². The predicted molar refractivity (Wildman–Crippen MR) is 115 cm³/mol.